The first-order valence-corrected chi connectivity index (χ1v) is 5.16. The van der Waals surface area contributed by atoms with Gasteiger partial charge in [0.1, 0.15) is 0 Å². The van der Waals surface area contributed by atoms with Crippen molar-refractivity contribution in [2.24, 2.45) is 0 Å². The molecule has 1 saturated heterocycles. The van der Waals surface area contributed by atoms with Gasteiger partial charge in [-0.05, 0) is 19.3 Å². The van der Waals surface area contributed by atoms with E-state index < -0.39 is 0 Å². The molecular formula is C10H18NO3. The van der Waals surface area contributed by atoms with Gasteiger partial charge in [-0.15, -0.1) is 0 Å². The summed E-state index contributed by atoms with van der Waals surface area (Å²) in [7, 11) is 1.68. The molecule has 1 amide bonds. The first kappa shape index (κ1) is 11.5. The van der Waals surface area contributed by atoms with Crippen molar-refractivity contribution in [2.45, 2.75) is 31.8 Å². The van der Waals surface area contributed by atoms with E-state index in [1.165, 1.54) is 0 Å². The normalized spacial score (nSPS) is 21.6. The molecule has 0 spiro atoms. The number of nitrogens with zero attached hydrogens (tertiary/aromatic N) is 1. The maximum atomic E-state index is 11.5. The van der Waals surface area contributed by atoms with Gasteiger partial charge >= 0.3 is 0 Å². The van der Waals surface area contributed by atoms with Crippen LogP contribution in [0.15, 0.2) is 0 Å². The Labute approximate surface area is 84.8 Å². The molecule has 1 fully saturated rings. The van der Waals surface area contributed by atoms with Gasteiger partial charge in [0, 0.05) is 26.6 Å². The molecule has 0 bridgehead atoms. The highest BCUT2D eigenvalue weighted by Crippen LogP contribution is 2.13. The van der Waals surface area contributed by atoms with E-state index in [2.05, 4.69) is 0 Å². The molecule has 1 radical (unpaired) electrons. The fourth-order valence-electron chi connectivity index (χ4n) is 1.68. The van der Waals surface area contributed by atoms with Crippen LogP contribution in [0.4, 0.5) is 0 Å². The zero-order valence-electron chi connectivity index (χ0n) is 8.70. The minimum atomic E-state index is -0.0754. The van der Waals surface area contributed by atoms with Crippen LogP contribution in [0.2, 0.25) is 0 Å². The van der Waals surface area contributed by atoms with Crippen molar-refractivity contribution in [3.05, 3.63) is 0 Å². The van der Waals surface area contributed by atoms with Gasteiger partial charge in [-0.25, -0.2) is 5.11 Å². The lowest BCUT2D eigenvalue weighted by Gasteiger charge is -2.15. The van der Waals surface area contributed by atoms with E-state index in [0.29, 0.717) is 19.4 Å². The fourth-order valence-corrected chi connectivity index (χ4v) is 1.68. The van der Waals surface area contributed by atoms with E-state index in [9.17, 15) is 9.90 Å². The third-order valence-electron chi connectivity index (χ3n) is 2.62. The second-order valence-corrected chi connectivity index (χ2v) is 3.65. The molecule has 4 heteroatoms. The van der Waals surface area contributed by atoms with Crippen LogP contribution in [0.25, 0.3) is 0 Å². The van der Waals surface area contributed by atoms with Gasteiger partial charge in [-0.1, -0.05) is 0 Å². The Balaban J connectivity index is 2.18. The minimum absolute atomic E-state index is 0.0754. The summed E-state index contributed by atoms with van der Waals surface area (Å²) in [6.45, 7) is 1.44. The molecule has 1 rings (SSSR count). The number of ether oxygens (including phenoxy) is 1. The molecule has 14 heavy (non-hydrogen) atoms. The molecule has 81 valence electrons. The summed E-state index contributed by atoms with van der Waals surface area (Å²) in [5, 5.41) is 10.2. The molecule has 0 aromatic carbocycles. The quantitative estimate of drug-likeness (QED) is 0.617. The third-order valence-corrected chi connectivity index (χ3v) is 2.62. The number of carbonyl (C=O) groups excluding carboxylic acids is 1. The van der Waals surface area contributed by atoms with Crippen LogP contribution < -0.4 is 0 Å². The molecular weight excluding hydrogens is 182 g/mol. The average molecular weight is 200 g/mol. The van der Waals surface area contributed by atoms with Crippen molar-refractivity contribution < 1.29 is 14.6 Å². The number of likely N-dealkylation sites (tertiary alicyclic amines) is 1. The van der Waals surface area contributed by atoms with E-state index in [1.54, 1.807) is 7.11 Å². The number of methoxy groups -OCH3 is 1. The molecule has 1 aliphatic heterocycles. The Bertz CT molecular complexity index is 184. The monoisotopic (exact) mass is 200 g/mol. The number of amides is 1. The number of hydrogen-bond donors (Lipinski definition) is 0. The van der Waals surface area contributed by atoms with Gasteiger partial charge in [-0.2, -0.15) is 0 Å². The van der Waals surface area contributed by atoms with Crippen molar-refractivity contribution >= 4 is 5.91 Å². The lowest BCUT2D eigenvalue weighted by atomic mass is 10.2. The maximum absolute atomic E-state index is 11.5. The highest BCUT2D eigenvalue weighted by Gasteiger charge is 2.25. The topological polar surface area (TPSA) is 49.4 Å². The second kappa shape index (κ2) is 5.98. The summed E-state index contributed by atoms with van der Waals surface area (Å²) in [6, 6.07) is 0. The van der Waals surface area contributed by atoms with Crippen LogP contribution in [0.1, 0.15) is 25.7 Å². The minimum Gasteiger partial charge on any atom is -0.380 e. The predicted octanol–water partition coefficient (Wildman–Crippen LogP) is 0.834. The molecule has 0 aromatic rings. The summed E-state index contributed by atoms with van der Waals surface area (Å²) in [4.78, 5) is 13.4. The summed E-state index contributed by atoms with van der Waals surface area (Å²) >= 11 is 0. The van der Waals surface area contributed by atoms with Gasteiger partial charge < -0.3 is 9.64 Å². The Morgan fingerprint density at radius 2 is 2.29 bits per heavy atom. The Hall–Kier alpha value is -0.610. The van der Waals surface area contributed by atoms with E-state index in [-0.39, 0.29) is 18.6 Å². The molecule has 0 aliphatic carbocycles. The van der Waals surface area contributed by atoms with Crippen molar-refractivity contribution in [1.82, 2.24) is 4.90 Å². The number of carbonyl (C=O) groups is 1. The lowest BCUT2D eigenvalue weighted by molar-refractivity contribution is -0.130. The molecule has 1 atom stereocenters. The second-order valence-electron chi connectivity index (χ2n) is 3.65. The van der Waals surface area contributed by atoms with Crippen molar-refractivity contribution in [3.63, 3.8) is 0 Å². The zero-order valence-corrected chi connectivity index (χ0v) is 8.70. The van der Waals surface area contributed by atoms with Gasteiger partial charge in [-0.3, -0.25) is 4.79 Å². The van der Waals surface area contributed by atoms with Crippen LogP contribution in [-0.4, -0.2) is 43.7 Å². The van der Waals surface area contributed by atoms with E-state index in [0.717, 1.165) is 19.4 Å². The highest BCUT2D eigenvalue weighted by molar-refractivity contribution is 5.76. The Morgan fingerprint density at radius 1 is 1.50 bits per heavy atom. The summed E-state index contributed by atoms with van der Waals surface area (Å²) in [5.74, 6) is 0.165. The standard InChI is InChI=1S/C10H18NO3/c1-14-9-5-6-11(8-9)10(13)4-2-3-7-12/h9H,2-8H2,1H3. The summed E-state index contributed by atoms with van der Waals surface area (Å²) < 4.78 is 5.17. The van der Waals surface area contributed by atoms with Crippen LogP contribution in [-0.2, 0) is 14.6 Å². The zero-order chi connectivity index (χ0) is 10.4. The molecule has 0 saturated carbocycles. The SMILES string of the molecule is COC1CCN(C(=O)CCCC[O])C1. The average Bonchev–Trinajstić information content (AvgIpc) is 2.66. The highest BCUT2D eigenvalue weighted by atomic mass is 16.5. The largest absolute Gasteiger partial charge is 0.380 e. The summed E-state index contributed by atoms with van der Waals surface area (Å²) in [6.07, 6.45) is 2.98. The van der Waals surface area contributed by atoms with Crippen molar-refractivity contribution in [2.75, 3.05) is 26.8 Å². The smallest absolute Gasteiger partial charge is 0.222 e. The van der Waals surface area contributed by atoms with E-state index in [4.69, 9.17) is 4.74 Å². The van der Waals surface area contributed by atoms with E-state index in [1.807, 2.05) is 4.90 Å². The van der Waals surface area contributed by atoms with Gasteiger partial charge in [0.25, 0.3) is 0 Å². The Morgan fingerprint density at radius 3 is 2.86 bits per heavy atom. The fraction of sp³-hybridized carbons (Fsp3) is 0.900. The number of unbranched alkanes of at least 4 members (excludes halogenated alkanes) is 1. The third kappa shape index (κ3) is 3.27. The van der Waals surface area contributed by atoms with Crippen molar-refractivity contribution in [3.8, 4) is 0 Å². The number of rotatable bonds is 5. The van der Waals surface area contributed by atoms with Crippen LogP contribution in [0.5, 0.6) is 0 Å². The molecule has 4 nitrogen and oxygen atoms in total. The lowest BCUT2D eigenvalue weighted by Crippen LogP contribution is -2.29. The number of hydrogen-bond acceptors (Lipinski definition) is 2. The van der Waals surface area contributed by atoms with Gasteiger partial charge in [0.2, 0.25) is 5.91 Å². The van der Waals surface area contributed by atoms with Crippen LogP contribution in [0, 0.1) is 0 Å². The maximum Gasteiger partial charge on any atom is 0.222 e. The molecule has 1 heterocycles. The van der Waals surface area contributed by atoms with Gasteiger partial charge in [0.05, 0.1) is 12.7 Å². The molecule has 0 N–H and O–H groups in total. The van der Waals surface area contributed by atoms with Crippen LogP contribution in [0.3, 0.4) is 0 Å². The van der Waals surface area contributed by atoms with Crippen molar-refractivity contribution in [1.29, 1.82) is 0 Å². The van der Waals surface area contributed by atoms with Crippen LogP contribution >= 0.6 is 0 Å². The van der Waals surface area contributed by atoms with E-state index >= 15 is 0 Å². The molecule has 1 aliphatic rings. The first-order valence-electron chi connectivity index (χ1n) is 5.16. The molecule has 0 aromatic heterocycles. The predicted molar refractivity (Wildman–Crippen MR) is 51.4 cm³/mol. The van der Waals surface area contributed by atoms with Gasteiger partial charge in [0.15, 0.2) is 0 Å². The molecule has 1 unspecified atom stereocenters. The summed E-state index contributed by atoms with van der Waals surface area (Å²) in [5.41, 5.74) is 0. The first-order chi connectivity index (χ1) is 6.77. The Kier molecular flexibility index (Phi) is 4.90.